The smallest absolute Gasteiger partial charge is 0.241 e. The first kappa shape index (κ1) is 23.4. The zero-order valence-corrected chi connectivity index (χ0v) is 18.0. The number of amides is 1. The Balaban J connectivity index is 0.00000140. The van der Waals surface area contributed by atoms with Crippen molar-refractivity contribution in [3.05, 3.63) is 29.8 Å². The highest BCUT2D eigenvalue weighted by atomic mass is 35.5. The van der Waals surface area contributed by atoms with Crippen LogP contribution in [0.25, 0.3) is 0 Å². The Morgan fingerprint density at radius 3 is 2.54 bits per heavy atom. The fourth-order valence-electron chi connectivity index (χ4n) is 4.62. The van der Waals surface area contributed by atoms with Crippen molar-refractivity contribution < 1.29 is 9.53 Å². The summed E-state index contributed by atoms with van der Waals surface area (Å²) in [6, 6.07) is 8.88. The molecule has 3 atom stereocenters. The van der Waals surface area contributed by atoms with Crippen molar-refractivity contribution >= 4 is 36.4 Å². The third-order valence-electron chi connectivity index (χ3n) is 6.22. The average molecular weight is 430 g/mol. The predicted molar refractivity (Wildman–Crippen MR) is 118 cm³/mol. The number of carbonyl (C=O) groups is 1. The molecule has 2 saturated heterocycles. The van der Waals surface area contributed by atoms with Gasteiger partial charge in [0.25, 0.3) is 0 Å². The predicted octanol–water partition coefficient (Wildman–Crippen LogP) is 3.26. The van der Waals surface area contributed by atoms with Crippen LogP contribution in [-0.2, 0) is 16.0 Å². The lowest BCUT2D eigenvalue weighted by Gasteiger charge is -2.26. The zero-order chi connectivity index (χ0) is 17.8. The van der Waals surface area contributed by atoms with E-state index in [1.807, 2.05) is 12.1 Å². The minimum absolute atomic E-state index is 0. The molecule has 4 rings (SSSR count). The molecule has 1 aliphatic carbocycles. The van der Waals surface area contributed by atoms with Gasteiger partial charge in [-0.05, 0) is 49.3 Å². The fraction of sp³-hybridized carbons (Fsp3) is 0.667. The number of hydrogen-bond donors (Lipinski definition) is 2. The zero-order valence-electron chi connectivity index (χ0n) is 16.4. The number of benzene rings is 1. The Kier molecular flexibility index (Phi) is 9.51. The van der Waals surface area contributed by atoms with Crippen molar-refractivity contribution in [3.63, 3.8) is 0 Å². The summed E-state index contributed by atoms with van der Waals surface area (Å²) in [5.41, 5.74) is 2.22. The highest BCUT2D eigenvalue weighted by Gasteiger charge is 2.38. The monoisotopic (exact) mass is 429 g/mol. The van der Waals surface area contributed by atoms with Gasteiger partial charge >= 0.3 is 0 Å². The van der Waals surface area contributed by atoms with E-state index in [2.05, 4.69) is 27.7 Å². The van der Waals surface area contributed by atoms with E-state index < -0.39 is 0 Å². The number of fused-ring (bicyclic) bond motifs is 1. The summed E-state index contributed by atoms with van der Waals surface area (Å²) in [7, 11) is 0. The van der Waals surface area contributed by atoms with Crippen LogP contribution in [0, 0.1) is 5.92 Å². The average Bonchev–Trinajstić information content (AvgIpc) is 3.13. The van der Waals surface area contributed by atoms with E-state index in [1.54, 1.807) is 0 Å². The minimum atomic E-state index is -0.0240. The summed E-state index contributed by atoms with van der Waals surface area (Å²) in [6.07, 6.45) is 7.17. The summed E-state index contributed by atoms with van der Waals surface area (Å²) in [5.74, 6) is 0.822. The van der Waals surface area contributed by atoms with Crippen LogP contribution >= 0.6 is 24.8 Å². The van der Waals surface area contributed by atoms with Gasteiger partial charge in [-0.15, -0.1) is 24.8 Å². The second kappa shape index (κ2) is 11.4. The summed E-state index contributed by atoms with van der Waals surface area (Å²) in [4.78, 5) is 15.0. The molecule has 7 heteroatoms. The van der Waals surface area contributed by atoms with Gasteiger partial charge in [-0.2, -0.15) is 0 Å². The molecule has 2 N–H and O–H groups in total. The number of nitrogens with one attached hydrogen (secondary N) is 2. The molecule has 0 spiro atoms. The topological polar surface area (TPSA) is 53.6 Å². The first-order chi connectivity index (χ1) is 12.8. The van der Waals surface area contributed by atoms with E-state index in [9.17, 15) is 4.79 Å². The van der Waals surface area contributed by atoms with Gasteiger partial charge in [-0.25, -0.2) is 0 Å². The highest BCUT2D eigenvalue weighted by molar-refractivity contribution is 5.95. The van der Waals surface area contributed by atoms with Crippen LogP contribution in [0.4, 0.5) is 5.69 Å². The number of ether oxygens (including phenoxy) is 1. The molecule has 0 aromatic heterocycles. The molecule has 1 amide bonds. The molecular weight excluding hydrogens is 397 g/mol. The Morgan fingerprint density at radius 2 is 1.82 bits per heavy atom. The van der Waals surface area contributed by atoms with E-state index in [0.717, 1.165) is 51.4 Å². The molecule has 0 bridgehead atoms. The second-order valence-corrected chi connectivity index (χ2v) is 8.00. The molecule has 2 heterocycles. The summed E-state index contributed by atoms with van der Waals surface area (Å²) in [6.45, 7) is 4.84. The first-order valence-corrected chi connectivity index (χ1v) is 10.2. The van der Waals surface area contributed by atoms with Gasteiger partial charge in [0.2, 0.25) is 5.91 Å². The van der Waals surface area contributed by atoms with E-state index in [-0.39, 0.29) is 36.8 Å². The minimum Gasteiger partial charge on any atom is -0.379 e. The third kappa shape index (κ3) is 6.07. The van der Waals surface area contributed by atoms with Crippen LogP contribution in [0.2, 0.25) is 0 Å². The number of nitrogens with zero attached hydrogens (tertiary/aromatic N) is 1. The summed E-state index contributed by atoms with van der Waals surface area (Å²) < 4.78 is 5.39. The number of carbonyl (C=O) groups excluding carboxylic acids is 1. The van der Waals surface area contributed by atoms with Crippen molar-refractivity contribution in [3.8, 4) is 0 Å². The Labute approximate surface area is 180 Å². The molecule has 158 valence electrons. The van der Waals surface area contributed by atoms with E-state index >= 15 is 0 Å². The summed E-state index contributed by atoms with van der Waals surface area (Å²) in [5, 5.41) is 6.65. The second-order valence-electron chi connectivity index (χ2n) is 8.00. The molecule has 1 aromatic rings. The van der Waals surface area contributed by atoms with Gasteiger partial charge in [-0.1, -0.05) is 25.0 Å². The summed E-state index contributed by atoms with van der Waals surface area (Å²) >= 11 is 0. The lowest BCUT2D eigenvalue weighted by atomic mass is 9.85. The molecule has 3 aliphatic rings. The normalized spacial score (nSPS) is 27.2. The SMILES string of the molecule is Cl.Cl.O=C(Nc1ccc(CCN2CCOCC2)cc1)C1CC2CCCCC2N1. The van der Waals surface area contributed by atoms with Crippen LogP contribution in [-0.4, -0.2) is 55.7 Å². The Hall–Kier alpha value is -0.850. The van der Waals surface area contributed by atoms with Gasteiger partial charge < -0.3 is 15.4 Å². The van der Waals surface area contributed by atoms with Crippen LogP contribution in [0.1, 0.15) is 37.7 Å². The first-order valence-electron chi connectivity index (χ1n) is 10.2. The van der Waals surface area contributed by atoms with Crippen LogP contribution in [0.3, 0.4) is 0 Å². The maximum Gasteiger partial charge on any atom is 0.241 e. The van der Waals surface area contributed by atoms with E-state index in [0.29, 0.717) is 12.0 Å². The fourth-order valence-corrected chi connectivity index (χ4v) is 4.62. The highest BCUT2D eigenvalue weighted by Crippen LogP contribution is 2.33. The molecule has 1 aromatic carbocycles. The molecule has 3 unspecified atom stereocenters. The number of halogens is 2. The largest absolute Gasteiger partial charge is 0.379 e. The maximum atomic E-state index is 12.6. The number of hydrogen-bond acceptors (Lipinski definition) is 4. The van der Waals surface area contributed by atoms with Crippen molar-refractivity contribution in [1.82, 2.24) is 10.2 Å². The molecule has 5 nitrogen and oxygen atoms in total. The van der Waals surface area contributed by atoms with Crippen molar-refractivity contribution in [2.75, 3.05) is 38.2 Å². The molecule has 1 saturated carbocycles. The van der Waals surface area contributed by atoms with Crippen molar-refractivity contribution in [2.24, 2.45) is 5.92 Å². The number of morpholine rings is 1. The van der Waals surface area contributed by atoms with Gasteiger partial charge in [-0.3, -0.25) is 9.69 Å². The molecule has 3 fully saturated rings. The maximum absolute atomic E-state index is 12.6. The lowest BCUT2D eigenvalue weighted by Crippen LogP contribution is -2.39. The van der Waals surface area contributed by atoms with Gasteiger partial charge in [0.1, 0.15) is 0 Å². The van der Waals surface area contributed by atoms with E-state index in [1.165, 1.54) is 31.2 Å². The van der Waals surface area contributed by atoms with Crippen LogP contribution < -0.4 is 10.6 Å². The Morgan fingerprint density at radius 1 is 1.11 bits per heavy atom. The molecule has 28 heavy (non-hydrogen) atoms. The third-order valence-corrected chi connectivity index (χ3v) is 6.22. The van der Waals surface area contributed by atoms with Crippen molar-refractivity contribution in [2.45, 2.75) is 50.6 Å². The van der Waals surface area contributed by atoms with Crippen molar-refractivity contribution in [1.29, 1.82) is 0 Å². The molecular formula is C21H33Cl2N3O2. The lowest BCUT2D eigenvalue weighted by molar-refractivity contribution is -0.117. The van der Waals surface area contributed by atoms with Gasteiger partial charge in [0.05, 0.1) is 19.3 Å². The molecule has 2 aliphatic heterocycles. The van der Waals surface area contributed by atoms with Gasteiger partial charge in [0, 0.05) is 31.4 Å². The standard InChI is InChI=1S/C21H31N3O2.2ClH/c25-21(20-15-17-3-1-2-4-19(17)23-20)22-18-7-5-16(6-8-18)9-10-24-11-13-26-14-12-24;;/h5-8,17,19-20,23H,1-4,9-15H2,(H,22,25);2*1H. The van der Waals surface area contributed by atoms with Crippen LogP contribution in [0.15, 0.2) is 24.3 Å². The Bertz CT molecular complexity index is 594. The number of rotatable bonds is 5. The van der Waals surface area contributed by atoms with Gasteiger partial charge in [0.15, 0.2) is 0 Å². The number of anilines is 1. The molecule has 0 radical (unpaired) electrons. The van der Waals surface area contributed by atoms with Crippen LogP contribution in [0.5, 0.6) is 0 Å². The quantitative estimate of drug-likeness (QED) is 0.753. The van der Waals surface area contributed by atoms with E-state index in [4.69, 9.17) is 4.74 Å².